The van der Waals surface area contributed by atoms with Crippen LogP contribution >= 0.6 is 0 Å². The zero-order valence-electron chi connectivity index (χ0n) is 11.0. The Labute approximate surface area is 113 Å². The predicted molar refractivity (Wildman–Crippen MR) is 74.3 cm³/mol. The molecule has 1 saturated carbocycles. The molecule has 4 nitrogen and oxygen atoms in total. The van der Waals surface area contributed by atoms with Crippen molar-refractivity contribution < 1.29 is 9.90 Å². The molecule has 1 heterocycles. The number of amides is 1. The fourth-order valence-electron chi connectivity index (χ4n) is 2.50. The minimum atomic E-state index is -0.422. The molecule has 4 heteroatoms. The third kappa shape index (κ3) is 3.89. The normalized spacial score (nSPS) is 18.4. The van der Waals surface area contributed by atoms with Crippen LogP contribution in [0.5, 0.6) is 0 Å². The van der Waals surface area contributed by atoms with Gasteiger partial charge in [-0.25, -0.2) is 0 Å². The first-order valence-electron chi connectivity index (χ1n) is 6.75. The van der Waals surface area contributed by atoms with Gasteiger partial charge in [-0.3, -0.25) is 9.78 Å². The average Bonchev–Trinajstić information content (AvgIpc) is 2.47. The first-order valence-corrected chi connectivity index (χ1v) is 6.75. The molecule has 1 aliphatic carbocycles. The lowest BCUT2D eigenvalue weighted by molar-refractivity contribution is -0.119. The number of hydrogen-bond donors (Lipinski definition) is 2. The second-order valence-corrected chi connectivity index (χ2v) is 5.11. The molecule has 0 unspecified atom stereocenters. The number of carbonyl (C=O) groups is 1. The van der Waals surface area contributed by atoms with Crippen molar-refractivity contribution in [3.63, 3.8) is 0 Å². The monoisotopic (exact) mass is 260 g/mol. The molecule has 102 valence electrons. The van der Waals surface area contributed by atoms with E-state index in [9.17, 15) is 9.90 Å². The van der Waals surface area contributed by atoms with E-state index < -0.39 is 5.54 Å². The molecule has 0 saturated heterocycles. The number of aliphatic hydroxyl groups excluding tert-OH is 1. The summed E-state index contributed by atoms with van der Waals surface area (Å²) in [6, 6.07) is 3.72. The number of hydrogen-bond acceptors (Lipinski definition) is 3. The lowest BCUT2D eigenvalue weighted by Crippen LogP contribution is -2.52. The molecule has 1 aliphatic rings. The van der Waals surface area contributed by atoms with Crippen LogP contribution in [0.2, 0.25) is 0 Å². The van der Waals surface area contributed by atoms with Gasteiger partial charge in [0.25, 0.3) is 0 Å². The van der Waals surface area contributed by atoms with E-state index in [1.807, 2.05) is 12.1 Å². The van der Waals surface area contributed by atoms with Crippen LogP contribution in [0.3, 0.4) is 0 Å². The lowest BCUT2D eigenvalue weighted by atomic mass is 9.82. The highest BCUT2D eigenvalue weighted by Crippen LogP contribution is 2.27. The summed E-state index contributed by atoms with van der Waals surface area (Å²) < 4.78 is 0. The fraction of sp³-hybridized carbons (Fsp3) is 0.467. The number of pyridine rings is 1. The number of carbonyl (C=O) groups excluding carboxylic acids is 1. The number of aliphatic hydroxyl groups is 1. The molecule has 0 aliphatic heterocycles. The summed E-state index contributed by atoms with van der Waals surface area (Å²) in [5.74, 6) is -0.153. The summed E-state index contributed by atoms with van der Waals surface area (Å²) in [6.45, 7) is 0.0134. The topological polar surface area (TPSA) is 62.2 Å². The molecule has 0 atom stereocenters. The summed E-state index contributed by atoms with van der Waals surface area (Å²) >= 11 is 0. The van der Waals surface area contributed by atoms with E-state index in [2.05, 4.69) is 10.3 Å². The quantitative estimate of drug-likeness (QED) is 0.813. The molecule has 2 N–H and O–H groups in total. The van der Waals surface area contributed by atoms with Gasteiger partial charge in [-0.05, 0) is 30.5 Å². The second kappa shape index (κ2) is 6.48. The summed E-state index contributed by atoms with van der Waals surface area (Å²) in [6.07, 6.45) is 11.7. The molecule has 0 bridgehead atoms. The van der Waals surface area contributed by atoms with E-state index >= 15 is 0 Å². The summed E-state index contributed by atoms with van der Waals surface area (Å²) in [7, 11) is 0. The van der Waals surface area contributed by atoms with Crippen molar-refractivity contribution >= 4 is 12.0 Å². The van der Waals surface area contributed by atoms with Gasteiger partial charge in [-0.1, -0.05) is 25.3 Å². The largest absolute Gasteiger partial charge is 0.394 e. The maximum absolute atomic E-state index is 11.9. The average molecular weight is 260 g/mol. The molecule has 0 spiro atoms. The fourth-order valence-corrected chi connectivity index (χ4v) is 2.50. The number of nitrogens with one attached hydrogen (secondary N) is 1. The third-order valence-corrected chi connectivity index (χ3v) is 3.61. The SMILES string of the molecule is O=C(/C=C/c1cccnc1)NC1(CO)CCCCC1. The van der Waals surface area contributed by atoms with Crippen LogP contribution in [0.25, 0.3) is 6.08 Å². The van der Waals surface area contributed by atoms with Crippen LogP contribution in [0.15, 0.2) is 30.6 Å². The van der Waals surface area contributed by atoms with Crippen LogP contribution in [-0.2, 0) is 4.79 Å². The van der Waals surface area contributed by atoms with Crippen LogP contribution in [0.1, 0.15) is 37.7 Å². The van der Waals surface area contributed by atoms with Crippen LogP contribution < -0.4 is 5.32 Å². The molecular formula is C15H20N2O2. The van der Waals surface area contributed by atoms with E-state index in [0.717, 1.165) is 31.2 Å². The van der Waals surface area contributed by atoms with Crippen molar-refractivity contribution in [2.45, 2.75) is 37.6 Å². The zero-order valence-corrected chi connectivity index (χ0v) is 11.0. The minimum Gasteiger partial charge on any atom is -0.394 e. The second-order valence-electron chi connectivity index (χ2n) is 5.11. The molecule has 1 aromatic heterocycles. The zero-order chi connectivity index (χ0) is 13.6. The van der Waals surface area contributed by atoms with Gasteiger partial charge < -0.3 is 10.4 Å². The lowest BCUT2D eigenvalue weighted by Gasteiger charge is -2.36. The highest BCUT2D eigenvalue weighted by Gasteiger charge is 2.32. The standard InChI is InChI=1S/C15H20N2O2/c18-12-15(8-2-1-3-9-15)17-14(19)7-6-13-5-4-10-16-11-13/h4-7,10-11,18H,1-3,8-9,12H2,(H,17,19)/b7-6+. The molecule has 0 aromatic carbocycles. The first-order chi connectivity index (χ1) is 9.24. The number of aromatic nitrogens is 1. The number of rotatable bonds is 4. The highest BCUT2D eigenvalue weighted by molar-refractivity contribution is 5.92. The van der Waals surface area contributed by atoms with Gasteiger partial charge in [-0.15, -0.1) is 0 Å². The Kier molecular flexibility index (Phi) is 4.68. The molecule has 19 heavy (non-hydrogen) atoms. The van der Waals surface area contributed by atoms with Crippen molar-refractivity contribution in [1.82, 2.24) is 10.3 Å². The van der Waals surface area contributed by atoms with Gasteiger partial charge in [0, 0.05) is 18.5 Å². The van der Waals surface area contributed by atoms with Crippen molar-refractivity contribution in [2.75, 3.05) is 6.61 Å². The molecular weight excluding hydrogens is 240 g/mol. The van der Waals surface area contributed by atoms with Gasteiger partial charge in [0.15, 0.2) is 0 Å². The van der Waals surface area contributed by atoms with E-state index in [1.165, 1.54) is 12.5 Å². The van der Waals surface area contributed by atoms with E-state index in [1.54, 1.807) is 18.5 Å². The molecule has 1 fully saturated rings. The Balaban J connectivity index is 1.95. The van der Waals surface area contributed by atoms with Gasteiger partial charge in [0.2, 0.25) is 5.91 Å². The van der Waals surface area contributed by atoms with Gasteiger partial charge in [-0.2, -0.15) is 0 Å². The molecule has 1 aromatic rings. The van der Waals surface area contributed by atoms with Crippen molar-refractivity contribution in [1.29, 1.82) is 0 Å². The molecule has 1 amide bonds. The summed E-state index contributed by atoms with van der Waals surface area (Å²) in [5, 5.41) is 12.5. The minimum absolute atomic E-state index is 0.0134. The maximum Gasteiger partial charge on any atom is 0.244 e. The Morgan fingerprint density at radius 3 is 2.84 bits per heavy atom. The number of nitrogens with zero attached hydrogens (tertiary/aromatic N) is 1. The smallest absolute Gasteiger partial charge is 0.244 e. The van der Waals surface area contributed by atoms with Crippen LogP contribution in [0, 0.1) is 0 Å². The summed E-state index contributed by atoms with van der Waals surface area (Å²) in [5.41, 5.74) is 0.466. The van der Waals surface area contributed by atoms with Crippen molar-refractivity contribution in [2.24, 2.45) is 0 Å². The van der Waals surface area contributed by atoms with Gasteiger partial charge in [0.1, 0.15) is 0 Å². The Morgan fingerprint density at radius 2 is 2.21 bits per heavy atom. The van der Waals surface area contributed by atoms with E-state index in [4.69, 9.17) is 0 Å². The first kappa shape index (κ1) is 13.7. The Bertz CT molecular complexity index is 437. The van der Waals surface area contributed by atoms with Crippen molar-refractivity contribution in [3.8, 4) is 0 Å². The Hall–Kier alpha value is -1.68. The van der Waals surface area contributed by atoms with Gasteiger partial charge in [0.05, 0.1) is 12.1 Å². The molecule has 0 radical (unpaired) electrons. The van der Waals surface area contributed by atoms with Crippen LogP contribution in [0.4, 0.5) is 0 Å². The third-order valence-electron chi connectivity index (χ3n) is 3.61. The predicted octanol–water partition coefficient (Wildman–Crippen LogP) is 1.91. The van der Waals surface area contributed by atoms with Crippen LogP contribution in [-0.4, -0.2) is 28.1 Å². The maximum atomic E-state index is 11.9. The van der Waals surface area contributed by atoms with Crippen molar-refractivity contribution in [3.05, 3.63) is 36.2 Å². The van der Waals surface area contributed by atoms with E-state index in [-0.39, 0.29) is 12.5 Å². The van der Waals surface area contributed by atoms with Gasteiger partial charge >= 0.3 is 0 Å². The summed E-state index contributed by atoms with van der Waals surface area (Å²) in [4.78, 5) is 15.9. The van der Waals surface area contributed by atoms with E-state index in [0.29, 0.717) is 0 Å². The Morgan fingerprint density at radius 1 is 1.42 bits per heavy atom. The highest BCUT2D eigenvalue weighted by atomic mass is 16.3. The molecule has 2 rings (SSSR count).